The molecule has 1 heterocycles. The summed E-state index contributed by atoms with van der Waals surface area (Å²) < 4.78 is 1.76. The second-order valence-corrected chi connectivity index (χ2v) is 3.55. The molecule has 5 heteroatoms. The second-order valence-electron chi connectivity index (χ2n) is 3.55. The van der Waals surface area contributed by atoms with Crippen LogP contribution in [-0.2, 0) is 17.9 Å². The fraction of sp³-hybridized carbons (Fsp3) is 0.600. The molecule has 0 saturated heterocycles. The van der Waals surface area contributed by atoms with E-state index in [9.17, 15) is 4.79 Å². The standard InChI is InChI=1S/C10H18N4O/c1-3-8(2)13-10(15)7-14-5-4-12-9(14)6-11/h4-5,8H,3,6-7,11H2,1-2H3,(H,13,15). The smallest absolute Gasteiger partial charge is 0.240 e. The number of hydrogen-bond acceptors (Lipinski definition) is 3. The molecule has 0 saturated carbocycles. The number of rotatable bonds is 5. The fourth-order valence-electron chi connectivity index (χ4n) is 1.25. The molecule has 1 atom stereocenters. The van der Waals surface area contributed by atoms with Crippen LogP contribution in [0.5, 0.6) is 0 Å². The van der Waals surface area contributed by atoms with Gasteiger partial charge in [-0.05, 0) is 13.3 Å². The molecule has 1 aromatic rings. The Hall–Kier alpha value is -1.36. The summed E-state index contributed by atoms with van der Waals surface area (Å²) >= 11 is 0. The van der Waals surface area contributed by atoms with E-state index in [1.807, 2.05) is 13.8 Å². The molecule has 1 amide bonds. The van der Waals surface area contributed by atoms with Crippen LogP contribution >= 0.6 is 0 Å². The first-order valence-electron chi connectivity index (χ1n) is 5.16. The third kappa shape index (κ3) is 3.36. The summed E-state index contributed by atoms with van der Waals surface area (Å²) in [4.78, 5) is 15.6. The van der Waals surface area contributed by atoms with Gasteiger partial charge in [-0.25, -0.2) is 4.98 Å². The zero-order valence-corrected chi connectivity index (χ0v) is 9.23. The zero-order valence-electron chi connectivity index (χ0n) is 9.23. The average molecular weight is 210 g/mol. The van der Waals surface area contributed by atoms with Gasteiger partial charge >= 0.3 is 0 Å². The van der Waals surface area contributed by atoms with Crippen LogP contribution in [0.3, 0.4) is 0 Å². The third-order valence-corrected chi connectivity index (χ3v) is 2.32. The van der Waals surface area contributed by atoms with E-state index >= 15 is 0 Å². The van der Waals surface area contributed by atoms with E-state index in [1.54, 1.807) is 17.0 Å². The van der Waals surface area contributed by atoms with Gasteiger partial charge in [-0.3, -0.25) is 4.79 Å². The van der Waals surface area contributed by atoms with E-state index in [0.29, 0.717) is 6.54 Å². The number of aromatic nitrogens is 2. The van der Waals surface area contributed by atoms with Crippen molar-refractivity contribution in [3.8, 4) is 0 Å². The molecule has 0 radical (unpaired) electrons. The number of nitrogens with two attached hydrogens (primary N) is 1. The second kappa shape index (κ2) is 5.50. The number of carbonyl (C=O) groups excluding carboxylic acids is 1. The maximum atomic E-state index is 11.5. The van der Waals surface area contributed by atoms with Gasteiger partial charge in [0.15, 0.2) is 0 Å². The first-order valence-corrected chi connectivity index (χ1v) is 5.16. The van der Waals surface area contributed by atoms with Crippen LogP contribution in [0.15, 0.2) is 12.4 Å². The van der Waals surface area contributed by atoms with Gasteiger partial charge < -0.3 is 15.6 Å². The molecule has 0 bridgehead atoms. The summed E-state index contributed by atoms with van der Waals surface area (Å²) in [7, 11) is 0. The van der Waals surface area contributed by atoms with Gasteiger partial charge in [0.25, 0.3) is 0 Å². The Labute approximate surface area is 89.7 Å². The van der Waals surface area contributed by atoms with Gasteiger partial charge in [0.2, 0.25) is 5.91 Å². The molecule has 0 aliphatic heterocycles. The minimum absolute atomic E-state index is 0.00273. The van der Waals surface area contributed by atoms with Crippen LogP contribution in [0.2, 0.25) is 0 Å². The van der Waals surface area contributed by atoms with Crippen molar-refractivity contribution in [3.05, 3.63) is 18.2 Å². The van der Waals surface area contributed by atoms with Crippen molar-refractivity contribution in [1.29, 1.82) is 0 Å². The minimum Gasteiger partial charge on any atom is -0.352 e. The number of imidazole rings is 1. The lowest BCUT2D eigenvalue weighted by Crippen LogP contribution is -2.34. The van der Waals surface area contributed by atoms with Crippen molar-refractivity contribution in [2.24, 2.45) is 5.73 Å². The highest BCUT2D eigenvalue weighted by atomic mass is 16.2. The maximum Gasteiger partial charge on any atom is 0.240 e. The molecule has 1 rings (SSSR count). The van der Waals surface area contributed by atoms with Crippen LogP contribution in [0.4, 0.5) is 0 Å². The third-order valence-electron chi connectivity index (χ3n) is 2.32. The van der Waals surface area contributed by atoms with Gasteiger partial charge in [0.05, 0.1) is 6.54 Å². The average Bonchev–Trinajstić information content (AvgIpc) is 2.64. The van der Waals surface area contributed by atoms with Crippen LogP contribution in [-0.4, -0.2) is 21.5 Å². The van der Waals surface area contributed by atoms with E-state index in [1.165, 1.54) is 0 Å². The quantitative estimate of drug-likeness (QED) is 0.732. The molecule has 15 heavy (non-hydrogen) atoms. The first kappa shape index (κ1) is 11.7. The maximum absolute atomic E-state index is 11.5. The SMILES string of the molecule is CCC(C)NC(=O)Cn1ccnc1CN. The molecule has 84 valence electrons. The van der Waals surface area contributed by atoms with Crippen LogP contribution in [0.1, 0.15) is 26.1 Å². The molecular weight excluding hydrogens is 192 g/mol. The summed E-state index contributed by atoms with van der Waals surface area (Å²) in [5.74, 6) is 0.728. The summed E-state index contributed by atoms with van der Waals surface area (Å²) in [5, 5.41) is 2.89. The Balaban J connectivity index is 2.51. The zero-order chi connectivity index (χ0) is 11.3. The molecule has 5 nitrogen and oxygen atoms in total. The van der Waals surface area contributed by atoms with Crippen molar-refractivity contribution < 1.29 is 4.79 Å². The van der Waals surface area contributed by atoms with Crippen LogP contribution in [0, 0.1) is 0 Å². The predicted molar refractivity (Wildman–Crippen MR) is 58.0 cm³/mol. The Morgan fingerprint density at radius 3 is 3.07 bits per heavy atom. The normalized spacial score (nSPS) is 12.5. The molecule has 0 spiro atoms. The highest BCUT2D eigenvalue weighted by Crippen LogP contribution is 1.96. The number of amides is 1. The molecule has 1 aromatic heterocycles. The molecule has 3 N–H and O–H groups in total. The van der Waals surface area contributed by atoms with E-state index in [4.69, 9.17) is 5.73 Å². The summed E-state index contributed by atoms with van der Waals surface area (Å²) in [6, 6.07) is 0.211. The summed E-state index contributed by atoms with van der Waals surface area (Å²) in [5.41, 5.74) is 5.48. The van der Waals surface area contributed by atoms with E-state index in [-0.39, 0.29) is 18.5 Å². The van der Waals surface area contributed by atoms with Crippen molar-refractivity contribution in [2.75, 3.05) is 0 Å². The van der Waals surface area contributed by atoms with Gasteiger partial charge in [0, 0.05) is 18.4 Å². The lowest BCUT2D eigenvalue weighted by molar-refractivity contribution is -0.122. The van der Waals surface area contributed by atoms with Crippen molar-refractivity contribution in [2.45, 2.75) is 39.4 Å². The van der Waals surface area contributed by atoms with Crippen LogP contribution in [0.25, 0.3) is 0 Å². The number of carbonyl (C=O) groups is 1. The topological polar surface area (TPSA) is 72.9 Å². The van der Waals surface area contributed by atoms with Crippen molar-refractivity contribution >= 4 is 5.91 Å². The molecule has 0 aromatic carbocycles. The molecule has 0 aliphatic carbocycles. The molecule has 0 aliphatic rings. The Bertz CT molecular complexity index is 321. The highest BCUT2D eigenvalue weighted by Gasteiger charge is 2.08. The number of hydrogen-bond donors (Lipinski definition) is 2. The van der Waals surface area contributed by atoms with Gasteiger partial charge in [-0.2, -0.15) is 0 Å². The minimum atomic E-state index is -0.00273. The van der Waals surface area contributed by atoms with E-state index < -0.39 is 0 Å². The van der Waals surface area contributed by atoms with Crippen LogP contribution < -0.4 is 11.1 Å². The molecule has 0 fully saturated rings. The Kier molecular flexibility index (Phi) is 4.30. The van der Waals surface area contributed by atoms with Gasteiger partial charge in [0.1, 0.15) is 12.4 Å². The van der Waals surface area contributed by atoms with Gasteiger partial charge in [-0.1, -0.05) is 6.92 Å². The Morgan fingerprint density at radius 2 is 2.47 bits per heavy atom. The first-order chi connectivity index (χ1) is 7.17. The Morgan fingerprint density at radius 1 is 1.73 bits per heavy atom. The fourth-order valence-corrected chi connectivity index (χ4v) is 1.25. The van der Waals surface area contributed by atoms with E-state index in [0.717, 1.165) is 12.2 Å². The van der Waals surface area contributed by atoms with Crippen molar-refractivity contribution in [1.82, 2.24) is 14.9 Å². The number of nitrogens with zero attached hydrogens (tertiary/aromatic N) is 2. The summed E-state index contributed by atoms with van der Waals surface area (Å²) in [6.07, 6.45) is 4.34. The lowest BCUT2D eigenvalue weighted by Gasteiger charge is -2.12. The largest absolute Gasteiger partial charge is 0.352 e. The molecular formula is C10H18N4O. The monoisotopic (exact) mass is 210 g/mol. The highest BCUT2D eigenvalue weighted by molar-refractivity contribution is 5.76. The lowest BCUT2D eigenvalue weighted by atomic mass is 10.2. The molecule has 1 unspecified atom stereocenters. The van der Waals surface area contributed by atoms with Crippen molar-refractivity contribution in [3.63, 3.8) is 0 Å². The number of nitrogens with one attached hydrogen (secondary N) is 1. The predicted octanol–water partition coefficient (Wildman–Crippen LogP) is 0.257. The van der Waals surface area contributed by atoms with E-state index in [2.05, 4.69) is 10.3 Å². The van der Waals surface area contributed by atoms with Gasteiger partial charge in [-0.15, -0.1) is 0 Å². The summed E-state index contributed by atoms with van der Waals surface area (Å²) in [6.45, 7) is 4.66.